The first-order chi connectivity index (χ1) is 8.70. The van der Waals surface area contributed by atoms with Crippen LogP contribution in [0, 0.1) is 0 Å². The minimum Gasteiger partial charge on any atom is -0.365 e. The molecule has 2 N–H and O–H groups in total. The Labute approximate surface area is 107 Å². The number of carbonyl (C=O) groups excluding carboxylic acids is 1. The molecule has 0 saturated carbocycles. The largest absolute Gasteiger partial charge is 0.365 e. The lowest BCUT2D eigenvalue weighted by Gasteiger charge is -2.03. The van der Waals surface area contributed by atoms with Crippen LogP contribution in [-0.2, 0) is 13.0 Å². The van der Waals surface area contributed by atoms with Crippen molar-refractivity contribution in [2.24, 2.45) is 5.73 Å². The third kappa shape index (κ3) is 2.74. The Hall–Kier alpha value is -2.16. The third-order valence-corrected chi connectivity index (χ3v) is 2.96. The SMILES string of the molecule is CCc1cc[n+](Cc2ccccc2)cc1C(N)=O. The molecule has 0 saturated heterocycles. The summed E-state index contributed by atoms with van der Waals surface area (Å²) >= 11 is 0. The standard InChI is InChI=1S/C15H16N2O/c1-2-13-8-9-17(11-14(13)15(16)18)10-12-6-4-3-5-7-12/h3-9,11H,2,10H2,1H3,(H-,16,18)/p+1. The van der Waals surface area contributed by atoms with Gasteiger partial charge in [-0.25, -0.2) is 0 Å². The minimum atomic E-state index is -0.366. The average molecular weight is 241 g/mol. The number of pyridine rings is 1. The molecule has 0 unspecified atom stereocenters. The summed E-state index contributed by atoms with van der Waals surface area (Å²) in [7, 11) is 0. The van der Waals surface area contributed by atoms with Crippen LogP contribution < -0.4 is 10.3 Å². The molecule has 0 aliphatic heterocycles. The zero-order valence-corrected chi connectivity index (χ0v) is 10.5. The van der Waals surface area contributed by atoms with Gasteiger partial charge in [0.05, 0.1) is 0 Å². The summed E-state index contributed by atoms with van der Waals surface area (Å²) in [4.78, 5) is 11.4. The van der Waals surface area contributed by atoms with Gasteiger partial charge in [0.1, 0.15) is 5.56 Å². The molecule has 0 aliphatic carbocycles. The van der Waals surface area contributed by atoms with E-state index in [1.54, 1.807) is 0 Å². The van der Waals surface area contributed by atoms with Gasteiger partial charge in [-0.15, -0.1) is 0 Å². The first-order valence-electron chi connectivity index (χ1n) is 6.06. The van der Waals surface area contributed by atoms with Crippen LogP contribution >= 0.6 is 0 Å². The number of primary amides is 1. The molecule has 0 aliphatic rings. The molecule has 2 rings (SSSR count). The average Bonchev–Trinajstić information content (AvgIpc) is 2.40. The lowest BCUT2D eigenvalue weighted by atomic mass is 10.1. The van der Waals surface area contributed by atoms with E-state index < -0.39 is 0 Å². The fraction of sp³-hybridized carbons (Fsp3) is 0.200. The predicted octanol–water partition coefficient (Wildman–Crippen LogP) is 1.68. The van der Waals surface area contributed by atoms with Crippen LogP contribution in [0.1, 0.15) is 28.4 Å². The zero-order valence-electron chi connectivity index (χ0n) is 10.5. The molecule has 3 nitrogen and oxygen atoms in total. The van der Waals surface area contributed by atoms with E-state index in [4.69, 9.17) is 5.73 Å². The third-order valence-electron chi connectivity index (χ3n) is 2.96. The Kier molecular flexibility index (Phi) is 3.72. The lowest BCUT2D eigenvalue weighted by Crippen LogP contribution is -2.35. The van der Waals surface area contributed by atoms with Crippen molar-refractivity contribution in [3.8, 4) is 0 Å². The van der Waals surface area contributed by atoms with Gasteiger partial charge < -0.3 is 5.73 Å². The lowest BCUT2D eigenvalue weighted by molar-refractivity contribution is -0.688. The molecule has 1 aromatic heterocycles. The summed E-state index contributed by atoms with van der Waals surface area (Å²) in [5.74, 6) is -0.366. The minimum absolute atomic E-state index is 0.366. The Morgan fingerprint density at radius 1 is 1.22 bits per heavy atom. The van der Waals surface area contributed by atoms with Gasteiger partial charge in [0.15, 0.2) is 18.9 Å². The molecular formula is C15H17N2O+. The van der Waals surface area contributed by atoms with Crippen LogP contribution in [0.25, 0.3) is 0 Å². The van der Waals surface area contributed by atoms with Gasteiger partial charge in [-0.1, -0.05) is 37.3 Å². The van der Waals surface area contributed by atoms with Crippen molar-refractivity contribution in [1.29, 1.82) is 0 Å². The maximum Gasteiger partial charge on any atom is 0.255 e. The van der Waals surface area contributed by atoms with Crippen molar-refractivity contribution >= 4 is 5.91 Å². The van der Waals surface area contributed by atoms with E-state index in [1.165, 1.54) is 5.56 Å². The second-order valence-corrected chi connectivity index (χ2v) is 4.26. The van der Waals surface area contributed by atoms with Crippen molar-refractivity contribution in [1.82, 2.24) is 0 Å². The molecule has 0 bridgehead atoms. The first kappa shape index (κ1) is 12.3. The highest BCUT2D eigenvalue weighted by Gasteiger charge is 2.13. The fourth-order valence-corrected chi connectivity index (χ4v) is 1.99. The number of aromatic nitrogens is 1. The van der Waals surface area contributed by atoms with Gasteiger partial charge in [-0.2, -0.15) is 4.57 Å². The van der Waals surface area contributed by atoms with E-state index in [0.29, 0.717) is 5.56 Å². The molecule has 0 radical (unpaired) electrons. The number of nitrogens with zero attached hydrogens (tertiary/aromatic N) is 1. The normalized spacial score (nSPS) is 10.3. The second-order valence-electron chi connectivity index (χ2n) is 4.26. The Morgan fingerprint density at radius 3 is 2.56 bits per heavy atom. The van der Waals surface area contributed by atoms with E-state index in [0.717, 1.165) is 18.5 Å². The number of rotatable bonds is 4. The van der Waals surface area contributed by atoms with Crippen LogP contribution in [0.5, 0.6) is 0 Å². The quantitative estimate of drug-likeness (QED) is 0.813. The Bertz CT molecular complexity index is 550. The van der Waals surface area contributed by atoms with Gasteiger partial charge in [-0.3, -0.25) is 4.79 Å². The van der Waals surface area contributed by atoms with Crippen LogP contribution in [0.2, 0.25) is 0 Å². The number of amides is 1. The predicted molar refractivity (Wildman–Crippen MR) is 70.1 cm³/mol. The van der Waals surface area contributed by atoms with E-state index in [9.17, 15) is 4.79 Å². The molecule has 3 heteroatoms. The maximum atomic E-state index is 11.4. The summed E-state index contributed by atoms with van der Waals surface area (Å²) in [5, 5.41) is 0. The van der Waals surface area contributed by atoms with Crippen molar-refractivity contribution in [3.05, 3.63) is 65.5 Å². The summed E-state index contributed by atoms with van der Waals surface area (Å²) in [6, 6.07) is 12.1. The first-order valence-corrected chi connectivity index (χ1v) is 6.06. The monoisotopic (exact) mass is 241 g/mol. The summed E-state index contributed by atoms with van der Waals surface area (Å²) in [5.41, 5.74) is 8.20. The highest BCUT2D eigenvalue weighted by atomic mass is 16.1. The number of benzene rings is 1. The number of hydrogen-bond donors (Lipinski definition) is 1. The highest BCUT2D eigenvalue weighted by molar-refractivity contribution is 5.93. The van der Waals surface area contributed by atoms with Gasteiger partial charge in [0.2, 0.25) is 0 Å². The molecule has 92 valence electrons. The van der Waals surface area contributed by atoms with E-state index >= 15 is 0 Å². The topological polar surface area (TPSA) is 47.0 Å². The molecule has 1 amide bonds. The smallest absolute Gasteiger partial charge is 0.255 e. The van der Waals surface area contributed by atoms with Crippen molar-refractivity contribution in [2.45, 2.75) is 19.9 Å². The number of nitrogens with two attached hydrogens (primary N) is 1. The van der Waals surface area contributed by atoms with Crippen LogP contribution in [-0.4, -0.2) is 5.91 Å². The van der Waals surface area contributed by atoms with Gasteiger partial charge >= 0.3 is 0 Å². The van der Waals surface area contributed by atoms with E-state index in [2.05, 4.69) is 12.1 Å². The van der Waals surface area contributed by atoms with Crippen LogP contribution in [0.3, 0.4) is 0 Å². The van der Waals surface area contributed by atoms with Crippen molar-refractivity contribution in [3.63, 3.8) is 0 Å². The van der Waals surface area contributed by atoms with Gasteiger partial charge in [0.25, 0.3) is 5.91 Å². The molecule has 18 heavy (non-hydrogen) atoms. The summed E-state index contributed by atoms with van der Waals surface area (Å²) < 4.78 is 1.98. The number of hydrogen-bond acceptors (Lipinski definition) is 1. The second kappa shape index (κ2) is 5.45. The highest BCUT2D eigenvalue weighted by Crippen LogP contribution is 2.06. The molecule has 1 aromatic carbocycles. The molecule has 0 fully saturated rings. The molecule has 0 atom stereocenters. The van der Waals surface area contributed by atoms with Crippen LogP contribution in [0.4, 0.5) is 0 Å². The molecule has 1 heterocycles. The molecule has 2 aromatic rings. The summed E-state index contributed by atoms with van der Waals surface area (Å²) in [6.45, 7) is 2.76. The summed E-state index contributed by atoms with van der Waals surface area (Å²) in [6.07, 6.45) is 4.62. The van der Waals surface area contributed by atoms with Crippen molar-refractivity contribution < 1.29 is 9.36 Å². The fourth-order valence-electron chi connectivity index (χ4n) is 1.99. The Balaban J connectivity index is 2.30. The van der Waals surface area contributed by atoms with E-state index in [1.807, 2.05) is 48.1 Å². The zero-order chi connectivity index (χ0) is 13.0. The maximum absolute atomic E-state index is 11.4. The van der Waals surface area contributed by atoms with Crippen LogP contribution in [0.15, 0.2) is 48.8 Å². The molecule has 0 spiro atoms. The van der Waals surface area contributed by atoms with Gasteiger partial charge in [-0.05, 0) is 12.0 Å². The number of aryl methyl sites for hydroxylation is 1. The molecular weight excluding hydrogens is 224 g/mol. The Morgan fingerprint density at radius 2 is 1.94 bits per heavy atom. The number of carbonyl (C=O) groups is 1. The van der Waals surface area contributed by atoms with E-state index in [-0.39, 0.29) is 5.91 Å². The van der Waals surface area contributed by atoms with Crippen molar-refractivity contribution in [2.75, 3.05) is 0 Å². The van der Waals surface area contributed by atoms with Gasteiger partial charge in [0, 0.05) is 11.6 Å².